The molecule has 0 spiro atoms. The second-order valence-electron chi connectivity index (χ2n) is 6.36. The van der Waals surface area contributed by atoms with Crippen molar-refractivity contribution in [1.82, 2.24) is 0 Å². The summed E-state index contributed by atoms with van der Waals surface area (Å²) in [6, 6.07) is 17.2. The number of carbonyl (C=O) groups excluding carboxylic acids is 1. The van der Waals surface area contributed by atoms with Gasteiger partial charge in [0, 0.05) is 5.69 Å². The van der Waals surface area contributed by atoms with Crippen LogP contribution in [0.2, 0.25) is 0 Å². The third-order valence-corrected chi connectivity index (χ3v) is 3.42. The van der Waals surface area contributed by atoms with Gasteiger partial charge in [-0.2, -0.15) is 0 Å². The Labute approximate surface area is 132 Å². The molecule has 1 N–H and O–H groups in total. The van der Waals surface area contributed by atoms with Crippen LogP contribution in [-0.2, 0) is 10.2 Å². The number of amides is 1. The maximum Gasteiger partial charge on any atom is 0.265 e. The van der Waals surface area contributed by atoms with E-state index in [4.69, 9.17) is 4.74 Å². The van der Waals surface area contributed by atoms with Gasteiger partial charge >= 0.3 is 0 Å². The van der Waals surface area contributed by atoms with Gasteiger partial charge in [-0.25, -0.2) is 0 Å². The van der Waals surface area contributed by atoms with Gasteiger partial charge < -0.3 is 10.1 Å². The molecule has 0 saturated carbocycles. The van der Waals surface area contributed by atoms with Crippen LogP contribution in [0.1, 0.15) is 33.3 Å². The first kappa shape index (κ1) is 16.1. The number of carbonyl (C=O) groups is 1. The predicted octanol–water partition coefficient (Wildman–Crippen LogP) is 4.39. The Bertz CT molecular complexity index is 629. The molecule has 0 saturated heterocycles. The van der Waals surface area contributed by atoms with Crippen molar-refractivity contribution in [3.8, 4) is 5.75 Å². The predicted molar refractivity (Wildman–Crippen MR) is 90.3 cm³/mol. The Balaban J connectivity index is 2.09. The van der Waals surface area contributed by atoms with Gasteiger partial charge in [-0.3, -0.25) is 4.79 Å². The molecule has 1 atom stereocenters. The summed E-state index contributed by atoms with van der Waals surface area (Å²) >= 11 is 0. The summed E-state index contributed by atoms with van der Waals surface area (Å²) in [5.41, 5.74) is 1.91. The standard InChI is InChI=1S/C19H23NO2/c1-14(22-15-10-6-5-7-11-15)18(21)20-17-13-9-8-12-16(17)19(2,3)4/h5-14H,1-4H3,(H,20,21). The first-order chi connectivity index (χ1) is 10.4. The lowest BCUT2D eigenvalue weighted by molar-refractivity contribution is -0.122. The number of hydrogen-bond acceptors (Lipinski definition) is 2. The van der Waals surface area contributed by atoms with Crippen LogP contribution < -0.4 is 10.1 Å². The minimum atomic E-state index is -0.560. The van der Waals surface area contributed by atoms with Gasteiger partial charge in [-0.15, -0.1) is 0 Å². The Morgan fingerprint density at radius 2 is 1.59 bits per heavy atom. The lowest BCUT2D eigenvalue weighted by Crippen LogP contribution is -2.31. The van der Waals surface area contributed by atoms with Gasteiger partial charge in [0.1, 0.15) is 5.75 Å². The number of rotatable bonds is 4. The number of ether oxygens (including phenoxy) is 1. The van der Waals surface area contributed by atoms with Crippen LogP contribution in [0.4, 0.5) is 5.69 Å². The van der Waals surface area contributed by atoms with Crippen LogP contribution in [0.15, 0.2) is 54.6 Å². The van der Waals surface area contributed by atoms with Crippen molar-refractivity contribution in [2.24, 2.45) is 0 Å². The normalized spacial score (nSPS) is 12.5. The zero-order valence-electron chi connectivity index (χ0n) is 13.6. The molecule has 2 aromatic carbocycles. The quantitative estimate of drug-likeness (QED) is 0.909. The van der Waals surface area contributed by atoms with Crippen molar-refractivity contribution in [3.63, 3.8) is 0 Å². The Morgan fingerprint density at radius 1 is 1.00 bits per heavy atom. The van der Waals surface area contributed by atoms with Crippen LogP contribution in [0, 0.1) is 0 Å². The maximum atomic E-state index is 12.4. The summed E-state index contributed by atoms with van der Waals surface area (Å²) in [7, 11) is 0. The second-order valence-corrected chi connectivity index (χ2v) is 6.36. The second kappa shape index (κ2) is 6.65. The highest BCUT2D eigenvalue weighted by atomic mass is 16.5. The highest BCUT2D eigenvalue weighted by Gasteiger charge is 2.21. The van der Waals surface area contributed by atoms with Gasteiger partial charge in [0.05, 0.1) is 0 Å². The van der Waals surface area contributed by atoms with Crippen molar-refractivity contribution in [3.05, 3.63) is 60.2 Å². The van der Waals surface area contributed by atoms with Gasteiger partial charge in [-0.1, -0.05) is 57.2 Å². The zero-order chi connectivity index (χ0) is 16.2. The SMILES string of the molecule is CC(Oc1ccccc1)C(=O)Nc1ccccc1C(C)(C)C. The molecular formula is C19H23NO2. The molecular weight excluding hydrogens is 274 g/mol. The fourth-order valence-corrected chi connectivity index (χ4v) is 2.24. The molecule has 116 valence electrons. The summed E-state index contributed by atoms with van der Waals surface area (Å²) in [5.74, 6) is 0.537. The fourth-order valence-electron chi connectivity index (χ4n) is 2.24. The third-order valence-electron chi connectivity index (χ3n) is 3.42. The van der Waals surface area contributed by atoms with E-state index in [0.717, 1.165) is 11.3 Å². The maximum absolute atomic E-state index is 12.4. The van der Waals surface area contributed by atoms with E-state index in [1.54, 1.807) is 6.92 Å². The Kier molecular flexibility index (Phi) is 4.86. The lowest BCUT2D eigenvalue weighted by Gasteiger charge is -2.24. The first-order valence-corrected chi connectivity index (χ1v) is 7.50. The van der Waals surface area contributed by atoms with E-state index in [1.807, 2.05) is 54.6 Å². The molecule has 0 aliphatic rings. The Morgan fingerprint density at radius 3 is 2.23 bits per heavy atom. The largest absolute Gasteiger partial charge is 0.481 e. The number of nitrogens with one attached hydrogen (secondary N) is 1. The third kappa shape index (κ3) is 4.10. The minimum Gasteiger partial charge on any atom is -0.481 e. The molecule has 0 aromatic heterocycles. The molecule has 1 amide bonds. The van der Waals surface area contributed by atoms with Crippen LogP contribution in [0.3, 0.4) is 0 Å². The van der Waals surface area contributed by atoms with E-state index in [2.05, 4.69) is 26.1 Å². The molecule has 3 heteroatoms. The number of benzene rings is 2. The minimum absolute atomic E-state index is 0.0343. The zero-order valence-corrected chi connectivity index (χ0v) is 13.6. The van der Waals surface area contributed by atoms with E-state index in [0.29, 0.717) is 5.75 Å². The van der Waals surface area contributed by atoms with E-state index in [-0.39, 0.29) is 11.3 Å². The van der Waals surface area contributed by atoms with Crippen molar-refractivity contribution >= 4 is 11.6 Å². The molecule has 0 heterocycles. The van der Waals surface area contributed by atoms with Crippen molar-refractivity contribution in [2.75, 3.05) is 5.32 Å². The van der Waals surface area contributed by atoms with Gasteiger partial charge in [0.25, 0.3) is 5.91 Å². The molecule has 22 heavy (non-hydrogen) atoms. The van der Waals surface area contributed by atoms with Crippen LogP contribution >= 0.6 is 0 Å². The molecule has 0 aliphatic heterocycles. The molecule has 3 nitrogen and oxygen atoms in total. The van der Waals surface area contributed by atoms with Crippen molar-refractivity contribution < 1.29 is 9.53 Å². The van der Waals surface area contributed by atoms with Crippen LogP contribution in [0.5, 0.6) is 5.75 Å². The van der Waals surface area contributed by atoms with Gasteiger partial charge in [0.15, 0.2) is 6.10 Å². The molecule has 1 unspecified atom stereocenters. The van der Waals surface area contributed by atoms with E-state index >= 15 is 0 Å². The smallest absolute Gasteiger partial charge is 0.265 e. The number of para-hydroxylation sites is 2. The molecule has 0 aliphatic carbocycles. The summed E-state index contributed by atoms with van der Waals surface area (Å²) < 4.78 is 5.66. The molecule has 2 aromatic rings. The summed E-state index contributed by atoms with van der Waals surface area (Å²) in [4.78, 5) is 12.4. The van der Waals surface area contributed by atoms with Gasteiger partial charge in [0.2, 0.25) is 0 Å². The Hall–Kier alpha value is -2.29. The summed E-state index contributed by atoms with van der Waals surface area (Å²) in [5, 5.41) is 2.97. The van der Waals surface area contributed by atoms with Crippen LogP contribution in [-0.4, -0.2) is 12.0 Å². The van der Waals surface area contributed by atoms with Gasteiger partial charge in [-0.05, 0) is 36.1 Å². The molecule has 0 fully saturated rings. The van der Waals surface area contributed by atoms with E-state index in [9.17, 15) is 4.79 Å². The van der Waals surface area contributed by atoms with E-state index in [1.165, 1.54) is 0 Å². The highest BCUT2D eigenvalue weighted by Crippen LogP contribution is 2.29. The topological polar surface area (TPSA) is 38.3 Å². The average molecular weight is 297 g/mol. The molecule has 0 bridgehead atoms. The summed E-state index contributed by atoms with van der Waals surface area (Å²) in [6.45, 7) is 8.13. The summed E-state index contributed by atoms with van der Waals surface area (Å²) in [6.07, 6.45) is -0.560. The number of anilines is 1. The highest BCUT2D eigenvalue weighted by molar-refractivity contribution is 5.95. The van der Waals surface area contributed by atoms with Crippen LogP contribution in [0.25, 0.3) is 0 Å². The fraction of sp³-hybridized carbons (Fsp3) is 0.316. The van der Waals surface area contributed by atoms with Crippen molar-refractivity contribution in [1.29, 1.82) is 0 Å². The lowest BCUT2D eigenvalue weighted by atomic mass is 9.86. The van der Waals surface area contributed by atoms with Crippen molar-refractivity contribution in [2.45, 2.75) is 39.2 Å². The van der Waals surface area contributed by atoms with E-state index < -0.39 is 6.10 Å². The number of hydrogen-bond donors (Lipinski definition) is 1. The first-order valence-electron chi connectivity index (χ1n) is 7.50. The molecule has 2 rings (SSSR count). The monoisotopic (exact) mass is 297 g/mol. The average Bonchev–Trinajstić information content (AvgIpc) is 2.47. The molecule has 0 radical (unpaired) electrons.